The third-order valence-corrected chi connectivity index (χ3v) is 3.89. The van der Waals surface area contributed by atoms with Gasteiger partial charge in [-0.2, -0.15) is 0 Å². The number of nitrogens with zero attached hydrogens (tertiary/aromatic N) is 1. The lowest BCUT2D eigenvalue weighted by molar-refractivity contribution is 0.0531. The third-order valence-electron chi connectivity index (χ3n) is 2.58. The molecule has 21 heavy (non-hydrogen) atoms. The van der Waals surface area contributed by atoms with Crippen molar-refractivity contribution in [3.8, 4) is 0 Å². The molecule has 7 heteroatoms. The molecule has 1 aromatic heterocycles. The van der Waals surface area contributed by atoms with Gasteiger partial charge in [-0.05, 0) is 38.1 Å². The number of aryl methyl sites for hydroxylation is 1. The van der Waals surface area contributed by atoms with Gasteiger partial charge in [-0.25, -0.2) is 9.78 Å². The van der Waals surface area contributed by atoms with Crippen LogP contribution < -0.4 is 5.32 Å². The number of halogens is 1. The van der Waals surface area contributed by atoms with Crippen molar-refractivity contribution < 1.29 is 14.3 Å². The maximum atomic E-state index is 12.0. The number of rotatable bonds is 4. The Morgan fingerprint density at radius 2 is 2.00 bits per heavy atom. The Kier molecular flexibility index (Phi) is 4.93. The Morgan fingerprint density at radius 1 is 1.33 bits per heavy atom. The molecular weight excluding hydrogens is 312 g/mol. The van der Waals surface area contributed by atoms with Crippen LogP contribution in [0.2, 0.25) is 5.02 Å². The quantitative estimate of drug-likeness (QED) is 0.873. The molecule has 1 heterocycles. The Bertz CT molecular complexity index is 667. The molecule has 5 nitrogen and oxygen atoms in total. The summed E-state index contributed by atoms with van der Waals surface area (Å²) in [6.45, 7) is 3.72. The molecule has 2 rings (SSSR count). The highest BCUT2D eigenvalue weighted by Crippen LogP contribution is 2.24. The number of esters is 1. The summed E-state index contributed by atoms with van der Waals surface area (Å²) < 4.78 is 4.93. The van der Waals surface area contributed by atoms with Crippen LogP contribution in [0.1, 0.15) is 32.6 Å². The van der Waals surface area contributed by atoms with Crippen LogP contribution in [-0.2, 0) is 4.74 Å². The summed E-state index contributed by atoms with van der Waals surface area (Å²) in [5.74, 6) is -0.740. The molecule has 0 aliphatic heterocycles. The third kappa shape index (κ3) is 3.80. The second kappa shape index (κ2) is 6.69. The lowest BCUT2D eigenvalue weighted by Gasteiger charge is -2.01. The van der Waals surface area contributed by atoms with Crippen LogP contribution in [0, 0.1) is 6.92 Å². The second-order valence-corrected chi connectivity index (χ2v) is 5.55. The summed E-state index contributed by atoms with van der Waals surface area (Å²) in [7, 11) is 0. The second-order valence-electron chi connectivity index (χ2n) is 4.12. The van der Waals surface area contributed by atoms with Gasteiger partial charge in [0.1, 0.15) is 4.88 Å². The molecule has 0 aliphatic carbocycles. The van der Waals surface area contributed by atoms with E-state index in [1.165, 1.54) is 0 Å². The molecule has 110 valence electrons. The number of hydrogen-bond donors (Lipinski definition) is 1. The van der Waals surface area contributed by atoms with E-state index < -0.39 is 5.97 Å². The molecule has 0 saturated carbocycles. The van der Waals surface area contributed by atoms with Gasteiger partial charge in [0.2, 0.25) is 0 Å². The number of hydrogen-bond acceptors (Lipinski definition) is 5. The molecule has 1 amide bonds. The van der Waals surface area contributed by atoms with E-state index in [0.29, 0.717) is 32.9 Å². The molecule has 0 atom stereocenters. The maximum Gasteiger partial charge on any atom is 0.350 e. The average Bonchev–Trinajstić information content (AvgIpc) is 2.80. The van der Waals surface area contributed by atoms with Gasteiger partial charge < -0.3 is 4.74 Å². The van der Waals surface area contributed by atoms with Gasteiger partial charge in [0.05, 0.1) is 12.3 Å². The molecule has 1 N–H and O–H groups in total. The number of ether oxygens (including phenoxy) is 1. The van der Waals surface area contributed by atoms with Gasteiger partial charge in [-0.15, -0.1) is 0 Å². The molecule has 0 radical (unpaired) electrons. The fourth-order valence-corrected chi connectivity index (χ4v) is 2.59. The molecule has 1 aromatic carbocycles. The highest BCUT2D eigenvalue weighted by atomic mass is 35.5. The fraction of sp³-hybridized carbons (Fsp3) is 0.214. The Hall–Kier alpha value is -1.92. The highest BCUT2D eigenvalue weighted by molar-refractivity contribution is 7.17. The van der Waals surface area contributed by atoms with Crippen LogP contribution in [0.5, 0.6) is 0 Å². The van der Waals surface area contributed by atoms with Crippen molar-refractivity contribution >= 4 is 39.9 Å². The monoisotopic (exact) mass is 324 g/mol. The van der Waals surface area contributed by atoms with E-state index in [2.05, 4.69) is 10.3 Å². The smallest absolute Gasteiger partial charge is 0.350 e. The topological polar surface area (TPSA) is 68.3 Å². The maximum absolute atomic E-state index is 12.0. The van der Waals surface area contributed by atoms with E-state index in [0.717, 1.165) is 11.3 Å². The van der Waals surface area contributed by atoms with Crippen molar-refractivity contribution in [1.29, 1.82) is 0 Å². The average molecular weight is 325 g/mol. The minimum Gasteiger partial charge on any atom is -0.462 e. The normalized spacial score (nSPS) is 10.2. The fourth-order valence-electron chi connectivity index (χ4n) is 1.61. The molecule has 0 spiro atoms. The first kappa shape index (κ1) is 15.5. The van der Waals surface area contributed by atoms with Crippen LogP contribution in [0.4, 0.5) is 5.13 Å². The van der Waals surface area contributed by atoms with Crippen molar-refractivity contribution in [2.24, 2.45) is 0 Å². The Morgan fingerprint density at radius 3 is 2.62 bits per heavy atom. The standard InChI is InChI=1S/C14H13ClN2O3S/c1-3-20-13(19)11-8(2)16-14(21-11)17-12(18)9-4-6-10(15)7-5-9/h4-7H,3H2,1-2H3,(H,16,17,18). The molecule has 0 fully saturated rings. The number of aromatic nitrogens is 1. The van der Waals surface area contributed by atoms with Gasteiger partial charge in [-0.3, -0.25) is 10.1 Å². The largest absolute Gasteiger partial charge is 0.462 e. The molecule has 0 saturated heterocycles. The number of carbonyl (C=O) groups is 2. The summed E-state index contributed by atoms with van der Waals surface area (Å²) in [5, 5.41) is 3.57. The van der Waals surface area contributed by atoms with Crippen LogP contribution >= 0.6 is 22.9 Å². The molecule has 0 unspecified atom stereocenters. The minimum atomic E-state index is -0.431. The number of amides is 1. The summed E-state index contributed by atoms with van der Waals surface area (Å²) in [4.78, 5) is 28.3. The number of carbonyl (C=O) groups excluding carboxylic acids is 2. The SMILES string of the molecule is CCOC(=O)c1sc(NC(=O)c2ccc(Cl)cc2)nc1C. The minimum absolute atomic E-state index is 0.294. The predicted octanol–water partition coefficient (Wildman–Crippen LogP) is 3.53. The summed E-state index contributed by atoms with van der Waals surface area (Å²) in [6.07, 6.45) is 0. The van der Waals surface area contributed by atoms with Gasteiger partial charge in [0.25, 0.3) is 5.91 Å². The predicted molar refractivity (Wildman–Crippen MR) is 82.2 cm³/mol. The van der Waals surface area contributed by atoms with E-state index in [1.807, 2.05) is 0 Å². The lowest BCUT2D eigenvalue weighted by atomic mass is 10.2. The van der Waals surface area contributed by atoms with Crippen LogP contribution in [0.15, 0.2) is 24.3 Å². The zero-order valence-corrected chi connectivity index (χ0v) is 13.0. The summed E-state index contributed by atoms with van der Waals surface area (Å²) in [6, 6.07) is 6.50. The van der Waals surface area contributed by atoms with Crippen molar-refractivity contribution in [2.45, 2.75) is 13.8 Å². The first-order valence-corrected chi connectivity index (χ1v) is 7.42. The zero-order valence-electron chi connectivity index (χ0n) is 11.5. The van der Waals surface area contributed by atoms with E-state index in [9.17, 15) is 9.59 Å². The number of thiazole rings is 1. The van der Waals surface area contributed by atoms with E-state index in [-0.39, 0.29) is 5.91 Å². The summed E-state index contributed by atoms with van der Waals surface area (Å²) in [5.41, 5.74) is 0.995. The number of benzene rings is 1. The van der Waals surface area contributed by atoms with Crippen molar-refractivity contribution in [3.05, 3.63) is 45.4 Å². The van der Waals surface area contributed by atoms with Gasteiger partial charge in [0, 0.05) is 10.6 Å². The molecular formula is C14H13ClN2O3S. The summed E-state index contributed by atoms with van der Waals surface area (Å²) >= 11 is 6.86. The molecule has 2 aromatic rings. The van der Waals surface area contributed by atoms with Crippen molar-refractivity contribution in [2.75, 3.05) is 11.9 Å². The van der Waals surface area contributed by atoms with Crippen LogP contribution in [0.3, 0.4) is 0 Å². The van der Waals surface area contributed by atoms with Gasteiger partial charge in [-0.1, -0.05) is 22.9 Å². The zero-order chi connectivity index (χ0) is 15.4. The van der Waals surface area contributed by atoms with Gasteiger partial charge >= 0.3 is 5.97 Å². The Labute approximate surface area is 130 Å². The van der Waals surface area contributed by atoms with Crippen LogP contribution in [0.25, 0.3) is 0 Å². The van der Waals surface area contributed by atoms with Crippen molar-refractivity contribution in [1.82, 2.24) is 4.98 Å². The first-order chi connectivity index (χ1) is 10.0. The van der Waals surface area contributed by atoms with Crippen molar-refractivity contribution in [3.63, 3.8) is 0 Å². The number of anilines is 1. The van der Waals surface area contributed by atoms with E-state index >= 15 is 0 Å². The highest BCUT2D eigenvalue weighted by Gasteiger charge is 2.17. The number of nitrogens with one attached hydrogen (secondary N) is 1. The Balaban J connectivity index is 2.13. The van der Waals surface area contributed by atoms with E-state index in [1.54, 1.807) is 38.1 Å². The van der Waals surface area contributed by atoms with Crippen LogP contribution in [-0.4, -0.2) is 23.5 Å². The molecule has 0 aliphatic rings. The first-order valence-electron chi connectivity index (χ1n) is 6.22. The lowest BCUT2D eigenvalue weighted by Crippen LogP contribution is -2.11. The molecule has 0 bridgehead atoms. The van der Waals surface area contributed by atoms with E-state index in [4.69, 9.17) is 16.3 Å². The van der Waals surface area contributed by atoms with Gasteiger partial charge in [0.15, 0.2) is 5.13 Å².